The molecule has 0 spiro atoms. The highest BCUT2D eigenvalue weighted by Gasteiger charge is 2.34. The molecular weight excluding hydrogens is 335 g/mol. The molecule has 6 heteroatoms. The lowest BCUT2D eigenvalue weighted by molar-refractivity contribution is -0.123. The summed E-state index contributed by atoms with van der Waals surface area (Å²) in [5.74, 6) is 0.175. The maximum atomic E-state index is 12.7. The van der Waals surface area contributed by atoms with Crippen LogP contribution in [0.2, 0.25) is 10.0 Å². The van der Waals surface area contributed by atoms with Gasteiger partial charge in [-0.05, 0) is 42.2 Å². The Bertz CT molecular complexity index is 794. The molecule has 1 aliphatic carbocycles. The second-order valence-corrected chi connectivity index (χ2v) is 6.66. The molecule has 4 rings (SSSR count). The highest BCUT2D eigenvalue weighted by molar-refractivity contribution is 6.35. The summed E-state index contributed by atoms with van der Waals surface area (Å²) in [4.78, 5) is 16.8. The molecule has 1 aromatic heterocycles. The lowest BCUT2D eigenvalue weighted by atomic mass is 10.0. The van der Waals surface area contributed by atoms with Gasteiger partial charge in [-0.15, -0.1) is 0 Å². The molecule has 2 aliphatic rings. The summed E-state index contributed by atoms with van der Waals surface area (Å²) in [5, 5.41) is 4.37. The van der Waals surface area contributed by atoms with Crippen LogP contribution in [0.5, 0.6) is 5.88 Å². The zero-order valence-electron chi connectivity index (χ0n) is 12.2. The quantitative estimate of drug-likeness (QED) is 0.900. The molecule has 1 aromatic carbocycles. The van der Waals surface area contributed by atoms with Crippen molar-refractivity contribution in [1.29, 1.82) is 0 Å². The van der Waals surface area contributed by atoms with Crippen LogP contribution in [-0.4, -0.2) is 17.5 Å². The SMILES string of the molecule is O=C(N[C@@H]1CCc2c(Cl)cc(Cl)cc21)[C@@H]1COc2ncccc21. The van der Waals surface area contributed by atoms with Gasteiger partial charge in [-0.1, -0.05) is 29.3 Å². The fourth-order valence-electron chi connectivity index (χ4n) is 3.32. The molecule has 1 N–H and O–H groups in total. The van der Waals surface area contributed by atoms with E-state index in [1.54, 1.807) is 12.3 Å². The van der Waals surface area contributed by atoms with Crippen molar-refractivity contribution >= 4 is 29.1 Å². The van der Waals surface area contributed by atoms with Crippen LogP contribution in [0.1, 0.15) is 35.1 Å². The number of fused-ring (bicyclic) bond motifs is 2. The summed E-state index contributed by atoms with van der Waals surface area (Å²) >= 11 is 12.3. The van der Waals surface area contributed by atoms with Crippen LogP contribution in [0.4, 0.5) is 0 Å². The van der Waals surface area contributed by atoms with Crippen molar-refractivity contribution in [2.45, 2.75) is 24.8 Å². The van der Waals surface area contributed by atoms with E-state index in [1.165, 1.54) is 0 Å². The van der Waals surface area contributed by atoms with Crippen molar-refractivity contribution in [2.75, 3.05) is 6.61 Å². The molecular formula is C17H14Cl2N2O2. The van der Waals surface area contributed by atoms with Crippen molar-refractivity contribution in [3.05, 3.63) is 57.2 Å². The number of hydrogen-bond donors (Lipinski definition) is 1. The van der Waals surface area contributed by atoms with Crippen LogP contribution in [0.15, 0.2) is 30.5 Å². The summed E-state index contributed by atoms with van der Waals surface area (Å²) in [6.45, 7) is 0.327. The van der Waals surface area contributed by atoms with Crippen molar-refractivity contribution in [2.24, 2.45) is 0 Å². The van der Waals surface area contributed by atoms with Crippen LogP contribution in [0.3, 0.4) is 0 Å². The monoisotopic (exact) mass is 348 g/mol. The molecule has 0 radical (unpaired) electrons. The number of ether oxygens (including phenoxy) is 1. The molecule has 23 heavy (non-hydrogen) atoms. The molecule has 0 unspecified atom stereocenters. The minimum atomic E-state index is -0.322. The maximum absolute atomic E-state index is 12.7. The molecule has 0 bridgehead atoms. The van der Waals surface area contributed by atoms with Gasteiger partial charge in [0.15, 0.2) is 0 Å². The fourth-order valence-corrected chi connectivity index (χ4v) is 3.93. The van der Waals surface area contributed by atoms with Gasteiger partial charge in [0, 0.05) is 21.8 Å². The predicted octanol–water partition coefficient (Wildman–Crippen LogP) is 3.67. The molecule has 2 aromatic rings. The van der Waals surface area contributed by atoms with Crippen LogP contribution < -0.4 is 10.1 Å². The molecule has 0 saturated carbocycles. The Morgan fingerprint density at radius 3 is 3.04 bits per heavy atom. The van der Waals surface area contributed by atoms with E-state index in [9.17, 15) is 4.79 Å². The number of hydrogen-bond acceptors (Lipinski definition) is 3. The van der Waals surface area contributed by atoms with Gasteiger partial charge in [-0.3, -0.25) is 4.79 Å². The van der Waals surface area contributed by atoms with Gasteiger partial charge in [0.1, 0.15) is 12.5 Å². The molecule has 1 amide bonds. The van der Waals surface area contributed by atoms with E-state index in [0.29, 0.717) is 22.5 Å². The lowest BCUT2D eigenvalue weighted by Gasteiger charge is -2.17. The second kappa shape index (κ2) is 5.69. The number of pyridine rings is 1. The molecule has 0 fully saturated rings. The number of rotatable bonds is 2. The first kappa shape index (κ1) is 14.8. The number of benzene rings is 1. The van der Waals surface area contributed by atoms with Gasteiger partial charge in [0.2, 0.25) is 11.8 Å². The third-order valence-corrected chi connectivity index (χ3v) is 5.00. The summed E-state index contributed by atoms with van der Waals surface area (Å²) in [6.07, 6.45) is 3.33. The van der Waals surface area contributed by atoms with E-state index >= 15 is 0 Å². The smallest absolute Gasteiger partial charge is 0.231 e. The first-order valence-corrected chi connectivity index (χ1v) is 8.25. The minimum absolute atomic E-state index is 0.0503. The van der Waals surface area contributed by atoms with Crippen molar-refractivity contribution < 1.29 is 9.53 Å². The molecule has 2 atom stereocenters. The number of halogens is 2. The van der Waals surface area contributed by atoms with E-state index in [2.05, 4.69) is 10.3 Å². The third-order valence-electron chi connectivity index (χ3n) is 4.45. The highest BCUT2D eigenvalue weighted by atomic mass is 35.5. The minimum Gasteiger partial charge on any atom is -0.476 e. The Kier molecular flexibility index (Phi) is 3.66. The average Bonchev–Trinajstić information content (AvgIpc) is 3.12. The zero-order chi connectivity index (χ0) is 16.0. The Hall–Kier alpha value is -1.78. The first-order valence-electron chi connectivity index (χ1n) is 7.49. The van der Waals surface area contributed by atoms with Crippen LogP contribution in [0, 0.1) is 0 Å². The third kappa shape index (κ3) is 2.56. The number of carbonyl (C=O) groups excluding carboxylic acids is 1. The van der Waals surface area contributed by atoms with Gasteiger partial charge < -0.3 is 10.1 Å². The number of aromatic nitrogens is 1. The number of amides is 1. The van der Waals surface area contributed by atoms with E-state index < -0.39 is 0 Å². The Balaban J connectivity index is 1.56. The van der Waals surface area contributed by atoms with Crippen molar-refractivity contribution in [3.63, 3.8) is 0 Å². The first-order chi connectivity index (χ1) is 11.1. The fraction of sp³-hybridized carbons (Fsp3) is 0.294. The maximum Gasteiger partial charge on any atom is 0.231 e. The summed E-state index contributed by atoms with van der Waals surface area (Å²) in [5.41, 5.74) is 2.93. The zero-order valence-corrected chi connectivity index (χ0v) is 13.7. The van der Waals surface area contributed by atoms with E-state index in [1.807, 2.05) is 18.2 Å². The number of nitrogens with one attached hydrogen (secondary N) is 1. The Labute approximate surface area is 143 Å². The molecule has 4 nitrogen and oxygen atoms in total. The van der Waals surface area contributed by atoms with Crippen LogP contribution in [-0.2, 0) is 11.2 Å². The van der Waals surface area contributed by atoms with E-state index in [4.69, 9.17) is 27.9 Å². The predicted molar refractivity (Wildman–Crippen MR) is 88.1 cm³/mol. The number of carbonyl (C=O) groups is 1. The van der Waals surface area contributed by atoms with Crippen LogP contribution in [0.25, 0.3) is 0 Å². The van der Waals surface area contributed by atoms with Crippen molar-refractivity contribution in [3.8, 4) is 5.88 Å². The van der Waals surface area contributed by atoms with Gasteiger partial charge in [-0.2, -0.15) is 0 Å². The van der Waals surface area contributed by atoms with E-state index in [0.717, 1.165) is 29.5 Å². The topological polar surface area (TPSA) is 51.2 Å². The van der Waals surface area contributed by atoms with E-state index in [-0.39, 0.29) is 17.9 Å². The van der Waals surface area contributed by atoms with Gasteiger partial charge in [0.05, 0.1) is 6.04 Å². The lowest BCUT2D eigenvalue weighted by Crippen LogP contribution is -2.32. The Morgan fingerprint density at radius 2 is 2.17 bits per heavy atom. The summed E-state index contributed by atoms with van der Waals surface area (Å²) < 4.78 is 5.49. The molecule has 0 saturated heterocycles. The average molecular weight is 349 g/mol. The largest absolute Gasteiger partial charge is 0.476 e. The summed E-state index contributed by atoms with van der Waals surface area (Å²) in [7, 11) is 0. The molecule has 118 valence electrons. The highest BCUT2D eigenvalue weighted by Crippen LogP contribution is 2.39. The molecule has 1 aliphatic heterocycles. The second-order valence-electron chi connectivity index (χ2n) is 5.82. The Morgan fingerprint density at radius 1 is 1.30 bits per heavy atom. The van der Waals surface area contributed by atoms with Crippen molar-refractivity contribution in [1.82, 2.24) is 10.3 Å². The van der Waals surface area contributed by atoms with Crippen LogP contribution >= 0.6 is 23.2 Å². The van der Waals surface area contributed by atoms with Gasteiger partial charge in [0.25, 0.3) is 0 Å². The van der Waals surface area contributed by atoms with Gasteiger partial charge >= 0.3 is 0 Å². The molecule has 2 heterocycles. The number of nitrogens with zero attached hydrogens (tertiary/aromatic N) is 1. The normalized spacial score (nSPS) is 21.5. The standard InChI is InChI=1S/C17H14Cl2N2O2/c18-9-6-12-10(14(19)7-9)3-4-15(12)21-16(22)13-8-23-17-11(13)2-1-5-20-17/h1-2,5-7,13,15H,3-4,8H2,(H,21,22)/t13-,15-/m1/s1. The summed E-state index contributed by atoms with van der Waals surface area (Å²) in [6, 6.07) is 7.28. The van der Waals surface area contributed by atoms with Gasteiger partial charge in [-0.25, -0.2) is 4.98 Å².